The summed E-state index contributed by atoms with van der Waals surface area (Å²) in [5, 5.41) is 45.6. The molecule has 14 fully saturated rings. The lowest BCUT2D eigenvalue weighted by Gasteiger charge is -2.26. The summed E-state index contributed by atoms with van der Waals surface area (Å²) in [6, 6.07) is -0.317. The van der Waals surface area contributed by atoms with E-state index in [2.05, 4.69) is 38.3 Å². The molecule has 4 amide bonds. The first-order valence-corrected chi connectivity index (χ1v) is 46.4. The van der Waals surface area contributed by atoms with Crippen LogP contribution in [0.25, 0.3) is 0 Å². The number of halogens is 4. The molecule has 3 aromatic heterocycles. The zero-order valence-corrected chi connectivity index (χ0v) is 80.6. The number of anilines is 4. The number of aliphatic carboxylic acids is 1. The summed E-state index contributed by atoms with van der Waals surface area (Å²) in [4.78, 5) is 132. The first-order valence-electron chi connectivity index (χ1n) is 44.9. The Bertz CT molecular complexity index is 4490. The number of carboxylic acids is 1. The number of amides is 4. The molecule has 14 bridgehead atoms. The molecule has 0 aromatic carbocycles. The number of carboxylic acid groups (broad SMARTS) is 1. The van der Waals surface area contributed by atoms with E-state index in [4.69, 9.17) is 166 Å². The predicted octanol–water partition coefficient (Wildman–Crippen LogP) is 8.72. The zero-order chi connectivity index (χ0) is 100. The van der Waals surface area contributed by atoms with Crippen molar-refractivity contribution in [3.05, 3.63) is 70.0 Å². The van der Waals surface area contributed by atoms with Crippen molar-refractivity contribution in [3.8, 4) is 0 Å². The molecule has 17 heterocycles. The summed E-state index contributed by atoms with van der Waals surface area (Å²) in [6.45, 7) is 18.2. The van der Waals surface area contributed by atoms with E-state index < -0.39 is 56.8 Å². The van der Waals surface area contributed by atoms with Gasteiger partial charge in [-0.1, -0.05) is 74.6 Å². The van der Waals surface area contributed by atoms with Crippen molar-refractivity contribution in [2.24, 2.45) is 105 Å². The van der Waals surface area contributed by atoms with E-state index in [0.717, 1.165) is 128 Å². The Balaban J connectivity index is 0.000000234. The number of pyridine rings is 3. The highest BCUT2D eigenvalue weighted by Crippen LogP contribution is 2.51. The van der Waals surface area contributed by atoms with Crippen LogP contribution in [-0.4, -0.2) is 231 Å². The average Bonchev–Trinajstić information content (AvgIpc) is 1.62. The van der Waals surface area contributed by atoms with E-state index in [1.54, 1.807) is 48.5 Å². The summed E-state index contributed by atoms with van der Waals surface area (Å²) in [7, 11) is 3.85. The second-order valence-corrected chi connectivity index (χ2v) is 38.1. The molecule has 0 unspecified atom stereocenters. The molecule has 14 aliphatic heterocycles. The van der Waals surface area contributed by atoms with E-state index in [1.165, 1.54) is 26.6 Å². The number of carbonyl (C=O) groups is 9. The highest BCUT2D eigenvalue weighted by atomic mass is 35.5. The van der Waals surface area contributed by atoms with Gasteiger partial charge in [-0.15, -0.1) is 0 Å². The Morgan fingerprint density at radius 2 is 0.689 bits per heavy atom. The number of hydrogen-bond donors (Lipinski definition) is 13. The quantitative estimate of drug-likeness (QED) is 0.0209. The minimum atomic E-state index is -1.06. The Labute approximate surface area is 804 Å². The van der Waals surface area contributed by atoms with Gasteiger partial charge in [-0.05, 0) is 182 Å². The molecular weight excluding hydrogens is 1860 g/mol. The molecule has 47 heteroatoms. The van der Waals surface area contributed by atoms with Crippen molar-refractivity contribution in [1.82, 2.24) is 15.0 Å². The number of hydrogen-bond acceptors (Lipinski definition) is 36. The van der Waals surface area contributed by atoms with Crippen molar-refractivity contribution in [2.75, 3.05) is 50.9 Å². The molecule has 0 spiro atoms. The summed E-state index contributed by atoms with van der Waals surface area (Å²) in [6.07, 6.45) is 20.1. The molecule has 3 aromatic rings. The Kier molecular flexibility index (Phi) is 43.6. The molecule has 0 radical (unpaired) electrons. The molecule has 17 rings (SSSR count). The van der Waals surface area contributed by atoms with Crippen molar-refractivity contribution in [1.29, 1.82) is 0 Å². The fourth-order valence-corrected chi connectivity index (χ4v) is 21.4. The molecule has 135 heavy (non-hydrogen) atoms. The van der Waals surface area contributed by atoms with Crippen molar-refractivity contribution in [2.45, 2.75) is 307 Å². The van der Waals surface area contributed by atoms with Crippen LogP contribution in [0.3, 0.4) is 0 Å². The van der Waals surface area contributed by atoms with Gasteiger partial charge in [0.2, 0.25) is 35.3 Å². The maximum absolute atomic E-state index is 11.7. The van der Waals surface area contributed by atoms with Gasteiger partial charge in [0.1, 0.15) is 28.0 Å². The second kappa shape index (κ2) is 51.2. The summed E-state index contributed by atoms with van der Waals surface area (Å²) in [5.74, 6) is -3.02. The third kappa shape index (κ3) is 28.7. The van der Waals surface area contributed by atoms with Crippen LogP contribution >= 0.6 is 46.4 Å². The number of rotatable bonds is 16. The first-order chi connectivity index (χ1) is 63.0. The smallest absolute Gasteiger partial charge is 0.481 e. The Hall–Kier alpha value is -8.80. The lowest BCUT2D eigenvalue weighted by molar-refractivity contribution is -0.384. The van der Waals surface area contributed by atoms with Gasteiger partial charge in [0.05, 0.1) is 171 Å². The van der Waals surface area contributed by atoms with Gasteiger partial charge in [0.15, 0.2) is 0 Å². The van der Waals surface area contributed by atoms with E-state index in [9.17, 15) is 63.4 Å². The molecule has 14 saturated heterocycles. The standard InChI is InChI=1S/C13H15ClN4O4.C13H17ClN4O2.C10H18O5.C10H16O3.C9H15NO2.C9H14O3.C8H13NO3.C7H12N2O2.C5H3Cl2N3O2.C2H6O.CH4O.CH4/c14-7-4-17-12(15)11(18(20)21)5(7)3-6-8-1-2-9(22-8)10(6)13(16)19;14-7-4-18-12(16)11(15)5(7)3-6-8-1-2-9(20-8)10(6)13(17)19;1-9(2,3)14-7(11)13-8(12)15-10(4,5)6;1-3-6-7-4-5-8(13-7)9(6)10(11)12-2;2*1-2-5-6-3-4-7(12-6)8(5)9(10)11;1-11-8(10)6-4-2-3-5(12-4)7(6)9;8-6-4-2-1-3(11-4)5(6)7(9)10;6-2-1-9-5(8)4(3(2)7)10(11)12;1-2-3;1-2;/h4,6,8-10H,1-3H2,(H2,15,17)(H2,16,19);4,6,8-10H,1-3,15H2,(H2,16,18)(H2,17,19);1-6H3;6-9H,3-5H2,1-2H3;5-8H,2-4H2,1H3,(H2,10,11);5-8H,2-4H2,1H3,(H,10,11);4-7H,2-3,9H2,1H3;3-6H,1-2,8H2,(H2,9,10);1H,(H2,8,9);3H,2H2,1H3;2H,1H3;1H4/t2*6-,8-,9+,10-;;6-,7-,8+,9-;2*5-,6-,7+,8-;4-,5+,6-,7+;3-,4+,5-,6+;;;;/m11.11100..../s1. The molecular formula is C88H137Cl4N15O28. The number of nitrogens with zero attached hydrogens (tertiary/aromatic N) is 5. The number of nitro groups is 2. The first kappa shape index (κ1) is 115. The molecule has 23 N–H and O–H groups in total. The van der Waals surface area contributed by atoms with Crippen LogP contribution in [0.4, 0.5) is 44.1 Å². The highest BCUT2D eigenvalue weighted by molar-refractivity contribution is 6.43. The topological polar surface area (TPSA) is 710 Å². The SMILES string of the molecule is C.CC(C)(C)OC(=O)OC(=O)OC(C)(C)C.CCO.CC[C@H]1[C@@H](C(=O)O)[C@@H]2CC[C@H]1O2.CC[C@H]1[C@@H](C(=O)OC)[C@@H]2CC[C@H]1O2.CC[C@H]1[C@@H](C(N)=O)[C@@H]2CC[C@H]1O2.CO.COC(=O)[C@@H]1[C@H](N)[C@H]2CC[C@@H]1O2.NC(=O)[C@@H]1[C@H](Cc2c(Cl)cnc(N)c2N)[C@H]2CC[C@@H]1O2.NC(=O)[C@@H]1[C@H](Cc2c(Cl)cnc(N)c2[N+](=O)[O-])[C@H]2CC[C@@H]1O2.NC(=O)[C@@H]1[C@H](N)[C@H]2CC[C@@H]1O2.Nc1ncc(Cl)c(Cl)c1[N+](=O)[O-]. The Morgan fingerprint density at radius 3 is 0.993 bits per heavy atom. The number of fused-ring (bicyclic) bond motifs is 14. The number of aromatic nitrogens is 3. The van der Waals surface area contributed by atoms with E-state index in [0.29, 0.717) is 41.2 Å². The number of carbonyl (C=O) groups excluding carboxylic acids is 8. The van der Waals surface area contributed by atoms with Gasteiger partial charge >= 0.3 is 41.6 Å². The van der Waals surface area contributed by atoms with Gasteiger partial charge < -0.3 is 129 Å². The molecule has 28 atom stereocenters. The van der Waals surface area contributed by atoms with Crippen molar-refractivity contribution in [3.63, 3.8) is 0 Å². The Morgan fingerprint density at radius 1 is 0.422 bits per heavy atom. The van der Waals surface area contributed by atoms with E-state index in [-0.39, 0.29) is 232 Å². The third-order valence-electron chi connectivity index (χ3n) is 26.3. The summed E-state index contributed by atoms with van der Waals surface area (Å²) >= 11 is 23.2. The van der Waals surface area contributed by atoms with Gasteiger partial charge in [-0.2, -0.15) is 0 Å². The number of primary amides is 4. The molecule has 0 saturated carbocycles. The molecule has 43 nitrogen and oxygen atoms in total. The maximum Gasteiger partial charge on any atom is 0.519 e. The number of aliphatic hydroxyl groups is 2. The van der Waals surface area contributed by atoms with Crippen LogP contribution in [0, 0.1) is 91.2 Å². The van der Waals surface area contributed by atoms with Crippen molar-refractivity contribution >= 4 is 135 Å². The second-order valence-electron chi connectivity index (χ2n) is 36.5. The fourth-order valence-electron chi connectivity index (χ4n) is 20.6. The van der Waals surface area contributed by atoms with Crippen LogP contribution in [0.2, 0.25) is 20.1 Å². The fraction of sp³-hybridized carbons (Fsp3) is 0.727. The van der Waals surface area contributed by atoms with Gasteiger partial charge in [-0.3, -0.25) is 53.8 Å². The van der Waals surface area contributed by atoms with Crippen molar-refractivity contribution < 1.29 is 125 Å². The van der Waals surface area contributed by atoms with Gasteiger partial charge in [-0.25, -0.2) is 24.5 Å². The summed E-state index contributed by atoms with van der Waals surface area (Å²) < 4.78 is 62.7. The molecule has 760 valence electrons. The molecule has 0 aliphatic carbocycles. The maximum atomic E-state index is 11.7. The monoisotopic (exact) mass is 1990 g/mol. The average molecular weight is 1990 g/mol. The minimum absolute atomic E-state index is 0. The lowest BCUT2D eigenvalue weighted by atomic mass is 9.75. The lowest BCUT2D eigenvalue weighted by Crippen LogP contribution is -2.46. The van der Waals surface area contributed by atoms with Gasteiger partial charge in [0, 0.05) is 68.1 Å². The number of esters is 2. The highest BCUT2D eigenvalue weighted by Gasteiger charge is 2.58. The number of nitrogen functional groups attached to an aromatic ring is 4. The summed E-state index contributed by atoms with van der Waals surface area (Å²) in [5.41, 5.74) is 54.8. The zero-order valence-electron chi connectivity index (χ0n) is 77.6. The number of ether oxygens (including phenoxy) is 12. The normalized spacial score (nSPS) is 31.9. The molecule has 14 aliphatic rings. The van der Waals surface area contributed by atoms with Gasteiger partial charge in [0.25, 0.3) is 0 Å². The third-order valence-corrected chi connectivity index (χ3v) is 27.7. The number of aliphatic hydroxyl groups excluding tert-OH is 2. The number of nitrogens with two attached hydrogens (primary N) is 10. The van der Waals surface area contributed by atoms with Crippen LogP contribution in [0.5, 0.6) is 0 Å². The van der Waals surface area contributed by atoms with E-state index in [1.807, 2.05) is 6.92 Å². The number of methoxy groups -OCH3 is 2. The van der Waals surface area contributed by atoms with Crippen LogP contribution in [0.15, 0.2) is 18.6 Å². The predicted molar refractivity (Wildman–Crippen MR) is 495 cm³/mol. The minimum Gasteiger partial charge on any atom is -0.481 e. The van der Waals surface area contributed by atoms with Crippen LogP contribution < -0.4 is 57.3 Å². The largest absolute Gasteiger partial charge is 0.519 e. The van der Waals surface area contributed by atoms with Crippen LogP contribution in [-0.2, 0) is 103 Å². The van der Waals surface area contributed by atoms with Crippen LogP contribution in [0.1, 0.15) is 197 Å². The van der Waals surface area contributed by atoms with E-state index >= 15 is 0 Å².